The molecule has 112 valence electrons. The first-order chi connectivity index (χ1) is 9.63. The Bertz CT molecular complexity index is 393. The SMILES string of the molecule is CCNC(=O)C[C@H]1C=C[C@H](NC(=O)C2CC2)[C@@H](CO)O1. The summed E-state index contributed by atoms with van der Waals surface area (Å²) in [5.41, 5.74) is 0. The monoisotopic (exact) mass is 282 g/mol. The summed E-state index contributed by atoms with van der Waals surface area (Å²) in [6.45, 7) is 2.25. The molecule has 0 unspecified atom stereocenters. The normalized spacial score (nSPS) is 29.0. The Morgan fingerprint density at radius 2 is 2.10 bits per heavy atom. The molecule has 0 spiro atoms. The fourth-order valence-electron chi connectivity index (χ4n) is 2.22. The van der Waals surface area contributed by atoms with Gasteiger partial charge in [0.15, 0.2) is 0 Å². The van der Waals surface area contributed by atoms with E-state index in [4.69, 9.17) is 4.74 Å². The van der Waals surface area contributed by atoms with Crippen LogP contribution in [0.5, 0.6) is 0 Å². The maximum absolute atomic E-state index is 11.7. The van der Waals surface area contributed by atoms with Crippen molar-refractivity contribution in [1.29, 1.82) is 0 Å². The van der Waals surface area contributed by atoms with Crippen molar-refractivity contribution >= 4 is 11.8 Å². The quantitative estimate of drug-likeness (QED) is 0.585. The minimum Gasteiger partial charge on any atom is -0.394 e. The van der Waals surface area contributed by atoms with E-state index < -0.39 is 6.10 Å². The van der Waals surface area contributed by atoms with Crippen LogP contribution < -0.4 is 10.6 Å². The molecule has 2 aliphatic rings. The third-order valence-electron chi connectivity index (χ3n) is 3.48. The summed E-state index contributed by atoms with van der Waals surface area (Å²) < 4.78 is 5.65. The Morgan fingerprint density at radius 1 is 1.35 bits per heavy atom. The minimum absolute atomic E-state index is 0.0175. The Balaban J connectivity index is 1.88. The van der Waals surface area contributed by atoms with Crippen LogP contribution in [0.15, 0.2) is 12.2 Å². The van der Waals surface area contributed by atoms with Crippen LogP contribution in [0.4, 0.5) is 0 Å². The summed E-state index contributed by atoms with van der Waals surface area (Å²) in [5.74, 6) is 0.0546. The smallest absolute Gasteiger partial charge is 0.223 e. The van der Waals surface area contributed by atoms with Crippen LogP contribution in [-0.2, 0) is 14.3 Å². The van der Waals surface area contributed by atoms with Gasteiger partial charge in [-0.2, -0.15) is 0 Å². The molecule has 3 atom stereocenters. The van der Waals surface area contributed by atoms with Crippen molar-refractivity contribution in [1.82, 2.24) is 10.6 Å². The molecule has 0 aromatic heterocycles. The molecule has 0 aromatic rings. The predicted octanol–water partition coefficient (Wildman–Crippen LogP) is -0.277. The zero-order valence-electron chi connectivity index (χ0n) is 11.7. The molecule has 1 saturated carbocycles. The highest BCUT2D eigenvalue weighted by Gasteiger charge is 2.34. The van der Waals surface area contributed by atoms with E-state index in [2.05, 4.69) is 10.6 Å². The molecule has 6 heteroatoms. The summed E-state index contributed by atoms with van der Waals surface area (Å²) in [5, 5.41) is 14.9. The number of carbonyl (C=O) groups is 2. The number of nitrogens with one attached hydrogen (secondary N) is 2. The third kappa shape index (κ3) is 4.05. The second-order valence-electron chi connectivity index (χ2n) is 5.25. The van der Waals surface area contributed by atoms with Crippen LogP contribution in [0.25, 0.3) is 0 Å². The maximum atomic E-state index is 11.7. The Hall–Kier alpha value is -1.40. The maximum Gasteiger partial charge on any atom is 0.223 e. The lowest BCUT2D eigenvalue weighted by molar-refractivity contribution is -0.128. The zero-order chi connectivity index (χ0) is 14.5. The van der Waals surface area contributed by atoms with Gasteiger partial charge in [-0.05, 0) is 19.8 Å². The lowest BCUT2D eigenvalue weighted by atomic mass is 10.0. The lowest BCUT2D eigenvalue weighted by Gasteiger charge is -2.31. The van der Waals surface area contributed by atoms with Gasteiger partial charge in [-0.25, -0.2) is 0 Å². The van der Waals surface area contributed by atoms with Crippen molar-refractivity contribution in [3.8, 4) is 0 Å². The predicted molar refractivity (Wildman–Crippen MR) is 72.8 cm³/mol. The van der Waals surface area contributed by atoms with E-state index >= 15 is 0 Å². The number of hydrogen-bond donors (Lipinski definition) is 3. The standard InChI is InChI=1S/C14H22N2O4/c1-2-15-13(18)7-10-5-6-11(12(8-17)20-10)16-14(19)9-3-4-9/h5-6,9-12,17H,2-4,7-8H2,1H3,(H,15,18)(H,16,19)/t10-,11+,12-/m1/s1. The second kappa shape index (κ2) is 6.85. The van der Waals surface area contributed by atoms with Crippen molar-refractivity contribution in [2.75, 3.05) is 13.2 Å². The number of aliphatic hydroxyl groups is 1. The summed E-state index contributed by atoms with van der Waals surface area (Å²) in [6.07, 6.45) is 4.84. The molecule has 3 N–H and O–H groups in total. The van der Waals surface area contributed by atoms with E-state index in [1.54, 1.807) is 6.08 Å². The van der Waals surface area contributed by atoms with Crippen molar-refractivity contribution in [3.63, 3.8) is 0 Å². The van der Waals surface area contributed by atoms with Crippen LogP contribution in [-0.4, -0.2) is 48.3 Å². The first-order valence-corrected chi connectivity index (χ1v) is 7.15. The number of hydrogen-bond acceptors (Lipinski definition) is 4. The average Bonchev–Trinajstić information content (AvgIpc) is 3.25. The molecular formula is C14H22N2O4. The van der Waals surface area contributed by atoms with E-state index in [-0.39, 0.29) is 42.9 Å². The molecular weight excluding hydrogens is 260 g/mol. The summed E-state index contributed by atoms with van der Waals surface area (Å²) in [4.78, 5) is 23.2. The van der Waals surface area contributed by atoms with Gasteiger partial charge in [-0.15, -0.1) is 0 Å². The van der Waals surface area contributed by atoms with E-state index in [9.17, 15) is 14.7 Å². The molecule has 0 aromatic carbocycles. The first kappa shape index (κ1) is 15.0. The number of carbonyl (C=O) groups excluding carboxylic acids is 2. The summed E-state index contributed by atoms with van der Waals surface area (Å²) in [7, 11) is 0. The first-order valence-electron chi connectivity index (χ1n) is 7.15. The fourth-order valence-corrected chi connectivity index (χ4v) is 2.22. The highest BCUT2D eigenvalue weighted by atomic mass is 16.5. The van der Waals surface area contributed by atoms with E-state index in [0.29, 0.717) is 6.54 Å². The van der Waals surface area contributed by atoms with Crippen LogP contribution in [0.1, 0.15) is 26.2 Å². The van der Waals surface area contributed by atoms with E-state index in [1.165, 1.54) is 0 Å². The van der Waals surface area contributed by atoms with Gasteiger partial charge >= 0.3 is 0 Å². The highest BCUT2D eigenvalue weighted by Crippen LogP contribution is 2.29. The molecule has 0 bridgehead atoms. The van der Waals surface area contributed by atoms with Crippen LogP contribution in [0.2, 0.25) is 0 Å². The number of rotatable bonds is 6. The van der Waals surface area contributed by atoms with Crippen LogP contribution >= 0.6 is 0 Å². The van der Waals surface area contributed by atoms with E-state index in [1.807, 2.05) is 13.0 Å². The number of ether oxygens (including phenoxy) is 1. The van der Waals surface area contributed by atoms with Crippen molar-refractivity contribution < 1.29 is 19.4 Å². The van der Waals surface area contributed by atoms with Gasteiger partial charge in [0.25, 0.3) is 0 Å². The summed E-state index contributed by atoms with van der Waals surface area (Å²) >= 11 is 0. The number of aliphatic hydroxyl groups excluding tert-OH is 1. The molecule has 1 fully saturated rings. The lowest BCUT2D eigenvalue weighted by Crippen LogP contribution is -2.49. The van der Waals surface area contributed by atoms with Crippen molar-refractivity contribution in [2.24, 2.45) is 5.92 Å². The molecule has 2 rings (SSSR count). The molecule has 1 aliphatic heterocycles. The Labute approximate surface area is 118 Å². The minimum atomic E-state index is -0.498. The van der Waals surface area contributed by atoms with Gasteiger partial charge < -0.3 is 20.5 Å². The fraction of sp³-hybridized carbons (Fsp3) is 0.714. The molecule has 20 heavy (non-hydrogen) atoms. The van der Waals surface area contributed by atoms with Gasteiger partial charge in [0, 0.05) is 12.5 Å². The molecule has 0 saturated heterocycles. The average molecular weight is 282 g/mol. The van der Waals surface area contributed by atoms with Gasteiger partial charge in [0.1, 0.15) is 6.10 Å². The van der Waals surface area contributed by atoms with Crippen LogP contribution in [0, 0.1) is 5.92 Å². The van der Waals surface area contributed by atoms with Gasteiger partial charge in [-0.3, -0.25) is 9.59 Å². The Morgan fingerprint density at radius 3 is 2.70 bits per heavy atom. The molecule has 0 radical (unpaired) electrons. The molecule has 1 heterocycles. The van der Waals surface area contributed by atoms with E-state index in [0.717, 1.165) is 12.8 Å². The molecule has 6 nitrogen and oxygen atoms in total. The zero-order valence-corrected chi connectivity index (χ0v) is 11.7. The highest BCUT2D eigenvalue weighted by molar-refractivity contribution is 5.81. The molecule has 2 amide bonds. The third-order valence-corrected chi connectivity index (χ3v) is 3.48. The van der Waals surface area contributed by atoms with Gasteiger partial charge in [0.05, 0.1) is 25.2 Å². The van der Waals surface area contributed by atoms with Crippen molar-refractivity contribution in [2.45, 2.75) is 44.4 Å². The van der Waals surface area contributed by atoms with Crippen molar-refractivity contribution in [3.05, 3.63) is 12.2 Å². The van der Waals surface area contributed by atoms with Gasteiger partial charge in [-0.1, -0.05) is 12.2 Å². The van der Waals surface area contributed by atoms with Gasteiger partial charge in [0.2, 0.25) is 11.8 Å². The summed E-state index contributed by atoms with van der Waals surface area (Å²) in [6, 6.07) is -0.321. The molecule has 1 aliphatic carbocycles. The largest absolute Gasteiger partial charge is 0.394 e. The second-order valence-corrected chi connectivity index (χ2v) is 5.25. The topological polar surface area (TPSA) is 87.7 Å². The van der Waals surface area contributed by atoms with Crippen LogP contribution in [0.3, 0.4) is 0 Å². The Kier molecular flexibility index (Phi) is 5.14. The number of amides is 2.